The van der Waals surface area contributed by atoms with Gasteiger partial charge in [-0.1, -0.05) is 18.2 Å². The van der Waals surface area contributed by atoms with Crippen LogP contribution in [0.15, 0.2) is 75.9 Å². The van der Waals surface area contributed by atoms with Crippen molar-refractivity contribution in [2.75, 3.05) is 19.5 Å². The first-order chi connectivity index (χ1) is 16.5. The van der Waals surface area contributed by atoms with Crippen molar-refractivity contribution in [2.24, 2.45) is 0 Å². The van der Waals surface area contributed by atoms with E-state index in [4.69, 9.17) is 18.6 Å². The number of rotatable bonds is 5. The number of phenols is 1. The zero-order valence-corrected chi connectivity index (χ0v) is 18.4. The fourth-order valence-electron chi connectivity index (χ4n) is 4.21. The second-order valence-electron chi connectivity index (χ2n) is 7.79. The molecule has 0 fully saturated rings. The van der Waals surface area contributed by atoms with Crippen molar-refractivity contribution < 1.29 is 28.5 Å². The van der Waals surface area contributed by atoms with Crippen molar-refractivity contribution in [1.82, 2.24) is 0 Å². The van der Waals surface area contributed by atoms with Crippen LogP contribution in [0.1, 0.15) is 17.0 Å². The molecule has 2 heterocycles. The van der Waals surface area contributed by atoms with E-state index in [-0.39, 0.29) is 17.1 Å². The third-order valence-electron chi connectivity index (χ3n) is 5.84. The molecular formula is C26H21NO7. The summed E-state index contributed by atoms with van der Waals surface area (Å²) < 4.78 is 22.0. The molecule has 0 radical (unpaired) electrons. The first-order valence-electron chi connectivity index (χ1n) is 10.5. The van der Waals surface area contributed by atoms with Gasteiger partial charge in [0.15, 0.2) is 17.6 Å². The van der Waals surface area contributed by atoms with Gasteiger partial charge in [0.25, 0.3) is 5.91 Å². The lowest BCUT2D eigenvalue weighted by Gasteiger charge is -2.19. The second kappa shape index (κ2) is 8.47. The summed E-state index contributed by atoms with van der Waals surface area (Å²) in [5.41, 5.74) is 1.03. The number of nitrogens with one attached hydrogen (secondary N) is 1. The number of fused-ring (bicyclic) bond motifs is 3. The van der Waals surface area contributed by atoms with Crippen LogP contribution >= 0.6 is 0 Å². The fourth-order valence-corrected chi connectivity index (χ4v) is 4.21. The molecular weight excluding hydrogens is 438 g/mol. The van der Waals surface area contributed by atoms with Gasteiger partial charge in [-0.15, -0.1) is 0 Å². The van der Waals surface area contributed by atoms with Crippen LogP contribution in [0, 0.1) is 0 Å². The Hall–Kier alpha value is -4.46. The molecule has 172 valence electrons. The maximum Gasteiger partial charge on any atom is 0.344 e. The Kier molecular flexibility index (Phi) is 5.33. The summed E-state index contributed by atoms with van der Waals surface area (Å²) in [5, 5.41) is 13.8. The minimum absolute atomic E-state index is 0.118. The summed E-state index contributed by atoms with van der Waals surface area (Å²) in [6, 6.07) is 18.6. The van der Waals surface area contributed by atoms with E-state index in [0.717, 1.165) is 0 Å². The average Bonchev–Trinajstić information content (AvgIpc) is 3.26. The molecule has 0 bridgehead atoms. The number of ether oxygens (including phenoxy) is 3. The lowest BCUT2D eigenvalue weighted by Crippen LogP contribution is -2.35. The van der Waals surface area contributed by atoms with E-state index in [0.29, 0.717) is 33.7 Å². The molecule has 2 N–H and O–H groups in total. The third kappa shape index (κ3) is 3.59. The number of phenolic OH excluding ortho intramolecular Hbond substituents is 1. The second-order valence-corrected chi connectivity index (χ2v) is 7.79. The molecule has 1 aliphatic heterocycles. The van der Waals surface area contributed by atoms with Crippen LogP contribution < -0.4 is 25.2 Å². The number of carbonyl (C=O) groups excluding carboxylic acids is 1. The van der Waals surface area contributed by atoms with Crippen molar-refractivity contribution in [1.29, 1.82) is 0 Å². The Morgan fingerprint density at radius 1 is 1.00 bits per heavy atom. The summed E-state index contributed by atoms with van der Waals surface area (Å²) in [7, 11) is 3.00. The van der Waals surface area contributed by atoms with Gasteiger partial charge in [-0.2, -0.15) is 0 Å². The van der Waals surface area contributed by atoms with Crippen molar-refractivity contribution in [3.05, 3.63) is 88.3 Å². The van der Waals surface area contributed by atoms with E-state index in [1.807, 2.05) is 0 Å². The van der Waals surface area contributed by atoms with E-state index in [9.17, 15) is 14.7 Å². The molecule has 1 aromatic heterocycles. The van der Waals surface area contributed by atoms with Gasteiger partial charge in [0.1, 0.15) is 17.1 Å². The van der Waals surface area contributed by atoms with Crippen LogP contribution in [0.2, 0.25) is 0 Å². The number of methoxy groups -OCH3 is 2. The van der Waals surface area contributed by atoms with Crippen LogP contribution in [-0.2, 0) is 4.79 Å². The summed E-state index contributed by atoms with van der Waals surface area (Å²) in [4.78, 5) is 26.4. The molecule has 2 atom stereocenters. The van der Waals surface area contributed by atoms with Gasteiger partial charge in [0.05, 0.1) is 31.1 Å². The quantitative estimate of drug-likeness (QED) is 0.434. The first-order valence-corrected chi connectivity index (χ1v) is 10.5. The summed E-state index contributed by atoms with van der Waals surface area (Å²) >= 11 is 0. The highest BCUT2D eigenvalue weighted by Crippen LogP contribution is 2.45. The summed E-state index contributed by atoms with van der Waals surface area (Å²) in [6.45, 7) is 0. The smallest absolute Gasteiger partial charge is 0.344 e. The number of hydrogen-bond donors (Lipinski definition) is 2. The van der Waals surface area contributed by atoms with Crippen molar-refractivity contribution >= 4 is 22.6 Å². The van der Waals surface area contributed by atoms with Crippen LogP contribution in [0.4, 0.5) is 5.69 Å². The average molecular weight is 459 g/mol. The lowest BCUT2D eigenvalue weighted by molar-refractivity contribution is -0.122. The predicted molar refractivity (Wildman–Crippen MR) is 125 cm³/mol. The SMILES string of the molecule is COc1ccc(NC(=O)[C@@H]2Oc3c(c(=O)oc4ccccc34)[C@@H]2c2ccc(OC)c(O)c2)cc1. The van der Waals surface area contributed by atoms with Gasteiger partial charge in [-0.25, -0.2) is 4.79 Å². The lowest BCUT2D eigenvalue weighted by atomic mass is 9.88. The van der Waals surface area contributed by atoms with Gasteiger partial charge in [-0.3, -0.25) is 4.79 Å². The molecule has 0 saturated heterocycles. The molecule has 5 rings (SSSR count). The van der Waals surface area contributed by atoms with Crippen LogP contribution in [0.25, 0.3) is 11.0 Å². The minimum Gasteiger partial charge on any atom is -0.504 e. The van der Waals surface area contributed by atoms with Crippen LogP contribution in [0.3, 0.4) is 0 Å². The third-order valence-corrected chi connectivity index (χ3v) is 5.84. The number of hydrogen-bond acceptors (Lipinski definition) is 7. The molecule has 34 heavy (non-hydrogen) atoms. The number of anilines is 1. The topological polar surface area (TPSA) is 107 Å². The standard InChI is InChI=1S/C26H21NO7/c1-31-16-10-8-15(9-11-16)27-25(29)24-21(14-7-12-20(32-2)18(28)13-14)22-23(34-24)17-5-3-4-6-19(17)33-26(22)30/h3-13,21,24,28H,1-2H3,(H,27,29)/t21-,24+/m0/s1. The van der Waals surface area contributed by atoms with E-state index in [1.54, 1.807) is 67.8 Å². The monoisotopic (exact) mass is 459 g/mol. The highest BCUT2D eigenvalue weighted by Gasteiger charge is 2.44. The molecule has 0 spiro atoms. The molecule has 8 nitrogen and oxygen atoms in total. The number of para-hydroxylation sites is 1. The molecule has 1 amide bonds. The maximum absolute atomic E-state index is 13.4. The molecule has 0 unspecified atom stereocenters. The number of carbonyl (C=O) groups is 1. The molecule has 1 aliphatic rings. The van der Waals surface area contributed by atoms with Crippen molar-refractivity contribution in [2.45, 2.75) is 12.0 Å². The highest BCUT2D eigenvalue weighted by molar-refractivity contribution is 5.97. The maximum atomic E-state index is 13.4. The van der Waals surface area contributed by atoms with Gasteiger partial charge in [0.2, 0.25) is 0 Å². The fraction of sp³-hybridized carbons (Fsp3) is 0.154. The van der Waals surface area contributed by atoms with Gasteiger partial charge in [0, 0.05) is 5.69 Å². The van der Waals surface area contributed by atoms with Crippen LogP contribution in [-0.4, -0.2) is 31.3 Å². The predicted octanol–water partition coefficient (Wildman–Crippen LogP) is 4.05. The molecule has 3 aromatic carbocycles. The Morgan fingerprint density at radius 3 is 2.47 bits per heavy atom. The minimum atomic E-state index is -1.08. The molecule has 4 aromatic rings. The molecule has 8 heteroatoms. The Bertz CT molecular complexity index is 1440. The Morgan fingerprint density at radius 2 is 1.76 bits per heavy atom. The van der Waals surface area contributed by atoms with Gasteiger partial charge in [-0.05, 0) is 54.1 Å². The van der Waals surface area contributed by atoms with Crippen LogP contribution in [0.5, 0.6) is 23.0 Å². The summed E-state index contributed by atoms with van der Waals surface area (Å²) in [6.07, 6.45) is -1.08. The largest absolute Gasteiger partial charge is 0.504 e. The van der Waals surface area contributed by atoms with E-state index >= 15 is 0 Å². The van der Waals surface area contributed by atoms with Crippen molar-refractivity contribution in [3.63, 3.8) is 0 Å². The van der Waals surface area contributed by atoms with E-state index in [2.05, 4.69) is 5.32 Å². The molecule has 0 saturated carbocycles. The van der Waals surface area contributed by atoms with E-state index in [1.165, 1.54) is 13.2 Å². The number of aromatic hydroxyl groups is 1. The van der Waals surface area contributed by atoms with Gasteiger partial charge < -0.3 is 29.1 Å². The summed E-state index contributed by atoms with van der Waals surface area (Å²) in [5.74, 6) is -0.170. The zero-order chi connectivity index (χ0) is 23.8. The number of amides is 1. The zero-order valence-electron chi connectivity index (χ0n) is 18.4. The highest BCUT2D eigenvalue weighted by atomic mass is 16.5. The van der Waals surface area contributed by atoms with Crippen molar-refractivity contribution in [3.8, 4) is 23.0 Å². The Balaban J connectivity index is 1.61. The first kappa shape index (κ1) is 21.4. The van der Waals surface area contributed by atoms with E-state index < -0.39 is 23.6 Å². The number of benzene rings is 3. The Labute approximate surface area is 194 Å². The normalized spacial score (nSPS) is 16.5. The molecule has 0 aliphatic carbocycles. The van der Waals surface area contributed by atoms with Gasteiger partial charge >= 0.3 is 5.63 Å².